The van der Waals surface area contributed by atoms with Gasteiger partial charge in [0.15, 0.2) is 6.10 Å². The molecule has 0 fully saturated rings. The van der Waals surface area contributed by atoms with Gasteiger partial charge in [0.1, 0.15) is 11.5 Å². The molecular weight excluding hydrogens is 401 g/mol. The number of para-hydroxylation sites is 1. The second-order valence-electron chi connectivity index (χ2n) is 5.62. The van der Waals surface area contributed by atoms with Crippen molar-refractivity contribution in [3.05, 3.63) is 47.5 Å². The van der Waals surface area contributed by atoms with Gasteiger partial charge in [-0.05, 0) is 24.6 Å². The quantitative estimate of drug-likeness (QED) is 0.611. The predicted molar refractivity (Wildman–Crippen MR) is 97.6 cm³/mol. The summed E-state index contributed by atoms with van der Waals surface area (Å²) in [5.74, 6) is -3.06. The van der Waals surface area contributed by atoms with Crippen molar-refractivity contribution in [2.45, 2.75) is 25.6 Å². The van der Waals surface area contributed by atoms with Crippen LogP contribution in [0.15, 0.2) is 42.5 Å². The number of aromatic hydroxyl groups is 1. The fourth-order valence-corrected chi connectivity index (χ4v) is 2.36. The largest absolute Gasteiger partial charge is 0.506 e. The molecule has 2 rings (SSSR count). The van der Waals surface area contributed by atoms with E-state index in [1.165, 1.54) is 5.32 Å². The molecule has 0 aliphatic carbocycles. The number of alkyl halides is 3. The lowest BCUT2D eigenvalue weighted by Gasteiger charge is -2.18. The summed E-state index contributed by atoms with van der Waals surface area (Å²) in [7, 11) is 0. The Balaban J connectivity index is 2.13. The number of carbonyl (C=O) groups excluding carboxylic acids is 2. The first-order valence-corrected chi connectivity index (χ1v) is 8.42. The molecule has 2 aromatic rings. The highest BCUT2D eigenvalue weighted by Crippen LogP contribution is 2.35. The third-order valence-corrected chi connectivity index (χ3v) is 3.85. The number of amides is 2. The highest BCUT2D eigenvalue weighted by Gasteiger charge is 2.39. The fourth-order valence-electron chi connectivity index (χ4n) is 2.15. The van der Waals surface area contributed by atoms with Crippen LogP contribution in [-0.4, -0.2) is 29.2 Å². The number of anilines is 2. The van der Waals surface area contributed by atoms with Crippen LogP contribution in [0.3, 0.4) is 0 Å². The number of phenolic OH excluding ortho intramolecular Hbond substituents is 1. The number of rotatable bonds is 6. The first kappa shape index (κ1) is 21.4. The molecule has 2 aromatic carbocycles. The van der Waals surface area contributed by atoms with Gasteiger partial charge in [-0.2, -0.15) is 13.2 Å². The zero-order valence-corrected chi connectivity index (χ0v) is 15.3. The van der Waals surface area contributed by atoms with Crippen LogP contribution >= 0.6 is 11.6 Å². The van der Waals surface area contributed by atoms with Gasteiger partial charge < -0.3 is 20.5 Å². The van der Waals surface area contributed by atoms with Crippen molar-refractivity contribution in [1.29, 1.82) is 0 Å². The molecular formula is C18H16ClF3N2O4. The normalized spacial score (nSPS) is 12.2. The SMILES string of the molecule is CCC(Oc1ccccc1)C(=O)Nc1cc(O)c(NC(=O)C(F)(F)F)cc1Cl. The van der Waals surface area contributed by atoms with Crippen LogP contribution in [0.5, 0.6) is 11.5 Å². The Bertz CT molecular complexity index is 860. The highest BCUT2D eigenvalue weighted by molar-refractivity contribution is 6.34. The molecule has 150 valence electrons. The van der Waals surface area contributed by atoms with E-state index in [4.69, 9.17) is 16.3 Å². The summed E-state index contributed by atoms with van der Waals surface area (Å²) in [4.78, 5) is 23.4. The van der Waals surface area contributed by atoms with Crippen molar-refractivity contribution in [3.8, 4) is 11.5 Å². The molecule has 0 saturated carbocycles. The van der Waals surface area contributed by atoms with E-state index >= 15 is 0 Å². The molecule has 0 spiro atoms. The number of phenols is 1. The summed E-state index contributed by atoms with van der Waals surface area (Å²) in [6.07, 6.45) is -5.68. The molecule has 0 heterocycles. The second kappa shape index (κ2) is 8.83. The van der Waals surface area contributed by atoms with Gasteiger partial charge in [-0.15, -0.1) is 0 Å². The number of benzene rings is 2. The van der Waals surface area contributed by atoms with E-state index in [2.05, 4.69) is 5.32 Å². The molecule has 10 heteroatoms. The molecule has 0 bridgehead atoms. The van der Waals surface area contributed by atoms with Gasteiger partial charge in [0.2, 0.25) is 0 Å². The lowest BCUT2D eigenvalue weighted by Crippen LogP contribution is -2.32. The molecule has 2 amide bonds. The Kier molecular flexibility index (Phi) is 6.74. The number of nitrogens with one attached hydrogen (secondary N) is 2. The number of hydrogen-bond donors (Lipinski definition) is 3. The minimum atomic E-state index is -5.13. The van der Waals surface area contributed by atoms with Gasteiger partial charge in [0.25, 0.3) is 5.91 Å². The average molecular weight is 417 g/mol. The lowest BCUT2D eigenvalue weighted by atomic mass is 10.2. The molecule has 1 atom stereocenters. The van der Waals surface area contributed by atoms with Crippen molar-refractivity contribution < 1.29 is 32.6 Å². The third-order valence-electron chi connectivity index (χ3n) is 3.53. The van der Waals surface area contributed by atoms with E-state index in [0.717, 1.165) is 12.1 Å². The second-order valence-corrected chi connectivity index (χ2v) is 6.03. The third kappa shape index (κ3) is 5.53. The number of carbonyl (C=O) groups is 2. The van der Waals surface area contributed by atoms with E-state index in [9.17, 15) is 27.9 Å². The average Bonchev–Trinajstić information content (AvgIpc) is 2.63. The summed E-state index contributed by atoms with van der Waals surface area (Å²) in [6.45, 7) is 1.72. The summed E-state index contributed by atoms with van der Waals surface area (Å²) in [6, 6.07) is 10.4. The van der Waals surface area contributed by atoms with Gasteiger partial charge in [0, 0.05) is 6.07 Å². The minimum absolute atomic E-state index is 0.0516. The van der Waals surface area contributed by atoms with Gasteiger partial charge >= 0.3 is 12.1 Å². The Labute approximate surface area is 163 Å². The van der Waals surface area contributed by atoms with E-state index in [0.29, 0.717) is 12.2 Å². The maximum atomic E-state index is 12.4. The van der Waals surface area contributed by atoms with E-state index in [1.54, 1.807) is 37.3 Å². The zero-order chi connectivity index (χ0) is 20.9. The minimum Gasteiger partial charge on any atom is -0.506 e. The van der Waals surface area contributed by atoms with Crippen LogP contribution < -0.4 is 15.4 Å². The van der Waals surface area contributed by atoms with Crippen LogP contribution in [0.4, 0.5) is 24.5 Å². The predicted octanol–water partition coefficient (Wildman–Crippen LogP) is 4.34. The van der Waals surface area contributed by atoms with Crippen LogP contribution in [0, 0.1) is 0 Å². The molecule has 0 aromatic heterocycles. The zero-order valence-electron chi connectivity index (χ0n) is 14.5. The van der Waals surface area contributed by atoms with E-state index in [1.807, 2.05) is 0 Å². The smallest absolute Gasteiger partial charge is 0.471 e. The van der Waals surface area contributed by atoms with Crippen molar-refractivity contribution in [1.82, 2.24) is 0 Å². The first-order valence-electron chi connectivity index (χ1n) is 8.05. The van der Waals surface area contributed by atoms with Gasteiger partial charge in [-0.1, -0.05) is 36.7 Å². The summed E-state index contributed by atoms with van der Waals surface area (Å²) in [5.41, 5.74) is -0.595. The fraction of sp³-hybridized carbons (Fsp3) is 0.222. The molecule has 1 unspecified atom stereocenters. The lowest BCUT2D eigenvalue weighted by molar-refractivity contribution is -0.167. The van der Waals surface area contributed by atoms with Crippen molar-refractivity contribution in [2.24, 2.45) is 0 Å². The summed E-state index contributed by atoms with van der Waals surface area (Å²) in [5, 5.41) is 13.6. The molecule has 0 saturated heterocycles. The molecule has 0 aliphatic heterocycles. The highest BCUT2D eigenvalue weighted by atomic mass is 35.5. The standard InChI is InChI=1S/C18H16ClF3N2O4/c1-2-15(28-10-6-4-3-5-7-10)16(26)23-12-9-14(25)13(8-11(12)19)24-17(27)18(20,21)22/h3-9,15,25H,2H2,1H3,(H,23,26)(H,24,27). The Morgan fingerprint density at radius 2 is 1.79 bits per heavy atom. The maximum Gasteiger partial charge on any atom is 0.471 e. The molecule has 6 nitrogen and oxygen atoms in total. The van der Waals surface area contributed by atoms with Crippen molar-refractivity contribution in [3.63, 3.8) is 0 Å². The Morgan fingerprint density at radius 1 is 1.14 bits per heavy atom. The summed E-state index contributed by atoms with van der Waals surface area (Å²) >= 11 is 5.95. The van der Waals surface area contributed by atoms with Gasteiger partial charge in [-0.3, -0.25) is 9.59 Å². The van der Waals surface area contributed by atoms with Crippen molar-refractivity contribution in [2.75, 3.05) is 10.6 Å². The topological polar surface area (TPSA) is 87.7 Å². The summed E-state index contributed by atoms with van der Waals surface area (Å²) < 4.78 is 42.6. The van der Waals surface area contributed by atoms with Crippen LogP contribution in [0.2, 0.25) is 5.02 Å². The number of hydrogen-bond acceptors (Lipinski definition) is 4. The first-order chi connectivity index (χ1) is 13.1. The molecule has 0 radical (unpaired) electrons. The van der Waals surface area contributed by atoms with Crippen LogP contribution in [-0.2, 0) is 9.59 Å². The Hall–Kier alpha value is -2.94. The van der Waals surface area contributed by atoms with E-state index in [-0.39, 0.29) is 10.7 Å². The maximum absolute atomic E-state index is 12.4. The molecule has 28 heavy (non-hydrogen) atoms. The van der Waals surface area contributed by atoms with Gasteiger partial charge in [-0.25, -0.2) is 0 Å². The number of halogens is 4. The van der Waals surface area contributed by atoms with Crippen molar-refractivity contribution >= 4 is 34.8 Å². The monoisotopic (exact) mass is 416 g/mol. The molecule has 0 aliphatic rings. The molecule has 3 N–H and O–H groups in total. The van der Waals surface area contributed by atoms with Crippen LogP contribution in [0.25, 0.3) is 0 Å². The van der Waals surface area contributed by atoms with Crippen LogP contribution in [0.1, 0.15) is 13.3 Å². The Morgan fingerprint density at radius 3 is 2.36 bits per heavy atom. The van der Waals surface area contributed by atoms with E-state index < -0.39 is 35.5 Å². The van der Waals surface area contributed by atoms with Gasteiger partial charge in [0.05, 0.1) is 16.4 Å². The number of ether oxygens (including phenoxy) is 1.